The van der Waals surface area contributed by atoms with E-state index in [0.29, 0.717) is 0 Å². The lowest BCUT2D eigenvalue weighted by Crippen LogP contribution is -2.83. The molecule has 2 nitrogen and oxygen atoms in total. The molecule has 0 bridgehead atoms. The molecule has 3 heteroatoms. The molecule has 0 radical (unpaired) electrons. The molecule has 0 aliphatic heterocycles. The summed E-state index contributed by atoms with van der Waals surface area (Å²) in [4.78, 5) is 0. The van der Waals surface area contributed by atoms with Crippen molar-refractivity contribution in [3.8, 4) is 5.75 Å². The molecule has 2 rings (SSSR count). The highest BCUT2D eigenvalue weighted by atomic mass is 19.1. The topological polar surface area (TPSA) is 25.8 Å². The average molecular weight is 260 g/mol. The number of ether oxygens (including phenoxy) is 1. The molecular weight excluding hydrogens is 241 g/mol. The summed E-state index contributed by atoms with van der Waals surface area (Å²) in [7, 11) is 1.68. The first-order chi connectivity index (χ1) is 9.28. The fourth-order valence-electron chi connectivity index (χ4n) is 1.99. The number of rotatable bonds is 6. The number of halogens is 1. The average Bonchev–Trinajstić information content (AvgIpc) is 2.46. The molecular formula is C16H19FNO+. The molecule has 2 aromatic rings. The van der Waals surface area contributed by atoms with E-state index in [1.165, 1.54) is 23.3 Å². The van der Waals surface area contributed by atoms with Gasteiger partial charge in [0.15, 0.2) is 0 Å². The molecule has 0 amide bonds. The predicted molar refractivity (Wildman–Crippen MR) is 73.6 cm³/mol. The minimum Gasteiger partial charge on any atom is -0.497 e. The van der Waals surface area contributed by atoms with Crippen LogP contribution in [0.3, 0.4) is 0 Å². The summed E-state index contributed by atoms with van der Waals surface area (Å²) >= 11 is 0. The second-order valence-electron chi connectivity index (χ2n) is 4.51. The van der Waals surface area contributed by atoms with Gasteiger partial charge in [-0.25, -0.2) is 4.39 Å². The molecule has 100 valence electrons. The van der Waals surface area contributed by atoms with Crippen LogP contribution in [0.5, 0.6) is 5.75 Å². The van der Waals surface area contributed by atoms with Gasteiger partial charge in [0, 0.05) is 12.0 Å². The zero-order valence-electron chi connectivity index (χ0n) is 11.1. The Labute approximate surface area is 113 Å². The first-order valence-corrected chi connectivity index (χ1v) is 6.47. The number of hydrogen-bond acceptors (Lipinski definition) is 1. The van der Waals surface area contributed by atoms with Crippen LogP contribution in [0, 0.1) is 5.82 Å². The Hall–Kier alpha value is -1.87. The van der Waals surface area contributed by atoms with Crippen molar-refractivity contribution in [3.63, 3.8) is 0 Å². The van der Waals surface area contributed by atoms with Crippen LogP contribution in [-0.4, -0.2) is 13.7 Å². The second-order valence-corrected chi connectivity index (χ2v) is 4.51. The third-order valence-electron chi connectivity index (χ3n) is 3.06. The van der Waals surface area contributed by atoms with Gasteiger partial charge in [-0.05, 0) is 29.8 Å². The largest absolute Gasteiger partial charge is 0.497 e. The third kappa shape index (κ3) is 4.38. The molecule has 0 aliphatic rings. The smallest absolute Gasteiger partial charge is 0.123 e. The molecule has 0 fully saturated rings. The van der Waals surface area contributed by atoms with E-state index in [9.17, 15) is 4.39 Å². The van der Waals surface area contributed by atoms with Gasteiger partial charge >= 0.3 is 0 Å². The van der Waals surface area contributed by atoms with E-state index < -0.39 is 0 Å². The SMILES string of the molecule is COc1cccc(C[NH2+]CCc2ccc(F)cc2)c1. The van der Waals surface area contributed by atoms with Gasteiger partial charge in [0.05, 0.1) is 13.7 Å². The second kappa shape index (κ2) is 6.90. The molecule has 0 aliphatic carbocycles. The molecule has 0 aromatic heterocycles. The number of benzene rings is 2. The Morgan fingerprint density at radius 2 is 1.84 bits per heavy atom. The number of quaternary nitrogens is 1. The van der Waals surface area contributed by atoms with Gasteiger partial charge in [-0.1, -0.05) is 24.3 Å². The van der Waals surface area contributed by atoms with E-state index >= 15 is 0 Å². The van der Waals surface area contributed by atoms with Gasteiger partial charge in [0.1, 0.15) is 18.1 Å². The highest BCUT2D eigenvalue weighted by Gasteiger charge is 1.99. The summed E-state index contributed by atoms with van der Waals surface area (Å²) in [5.74, 6) is 0.716. The monoisotopic (exact) mass is 260 g/mol. The van der Waals surface area contributed by atoms with E-state index in [-0.39, 0.29) is 5.82 Å². The van der Waals surface area contributed by atoms with E-state index in [2.05, 4.69) is 11.4 Å². The number of methoxy groups -OCH3 is 1. The van der Waals surface area contributed by atoms with Crippen molar-refractivity contribution in [3.05, 3.63) is 65.5 Å². The highest BCUT2D eigenvalue weighted by Crippen LogP contribution is 2.11. The quantitative estimate of drug-likeness (QED) is 0.791. The standard InChI is InChI=1S/C16H18FNO/c1-19-16-4-2-3-14(11-16)12-18-10-9-13-5-7-15(17)8-6-13/h2-8,11,18H,9-10,12H2,1H3/p+1. The Bertz CT molecular complexity index is 510. The molecule has 0 spiro atoms. The lowest BCUT2D eigenvalue weighted by Gasteiger charge is -2.04. The maximum Gasteiger partial charge on any atom is 0.123 e. The molecule has 0 heterocycles. The van der Waals surface area contributed by atoms with E-state index in [4.69, 9.17) is 4.74 Å². The zero-order chi connectivity index (χ0) is 13.5. The lowest BCUT2D eigenvalue weighted by atomic mass is 10.1. The fourth-order valence-corrected chi connectivity index (χ4v) is 1.99. The molecule has 0 unspecified atom stereocenters. The van der Waals surface area contributed by atoms with Gasteiger partial charge in [-0.15, -0.1) is 0 Å². The van der Waals surface area contributed by atoms with Crippen molar-refractivity contribution in [2.45, 2.75) is 13.0 Å². The summed E-state index contributed by atoms with van der Waals surface area (Å²) in [6, 6.07) is 14.8. The van der Waals surface area contributed by atoms with Gasteiger partial charge in [-0.3, -0.25) is 0 Å². The van der Waals surface area contributed by atoms with Crippen molar-refractivity contribution in [2.24, 2.45) is 0 Å². The van der Waals surface area contributed by atoms with Crippen molar-refractivity contribution in [1.82, 2.24) is 0 Å². The summed E-state index contributed by atoms with van der Waals surface area (Å²) in [5, 5.41) is 2.25. The van der Waals surface area contributed by atoms with Crippen LogP contribution in [0.2, 0.25) is 0 Å². The molecule has 19 heavy (non-hydrogen) atoms. The van der Waals surface area contributed by atoms with Crippen LogP contribution < -0.4 is 10.1 Å². The maximum absolute atomic E-state index is 12.7. The van der Waals surface area contributed by atoms with Crippen molar-refractivity contribution in [1.29, 1.82) is 0 Å². The Balaban J connectivity index is 1.75. The van der Waals surface area contributed by atoms with E-state index in [1.54, 1.807) is 7.11 Å². The van der Waals surface area contributed by atoms with Crippen LogP contribution in [0.15, 0.2) is 48.5 Å². The number of hydrogen-bond donors (Lipinski definition) is 1. The maximum atomic E-state index is 12.7. The van der Waals surface area contributed by atoms with E-state index in [1.807, 2.05) is 30.3 Å². The van der Waals surface area contributed by atoms with Crippen molar-refractivity contribution >= 4 is 0 Å². The van der Waals surface area contributed by atoms with Gasteiger partial charge in [0.2, 0.25) is 0 Å². The third-order valence-corrected chi connectivity index (χ3v) is 3.06. The summed E-state index contributed by atoms with van der Waals surface area (Å²) in [6.07, 6.45) is 0.949. The normalized spacial score (nSPS) is 10.4. The molecule has 0 atom stereocenters. The van der Waals surface area contributed by atoms with Gasteiger partial charge in [-0.2, -0.15) is 0 Å². The minimum atomic E-state index is -0.177. The molecule has 0 saturated carbocycles. The van der Waals surface area contributed by atoms with Crippen LogP contribution in [0.25, 0.3) is 0 Å². The Kier molecular flexibility index (Phi) is 4.93. The minimum absolute atomic E-state index is 0.177. The highest BCUT2D eigenvalue weighted by molar-refractivity contribution is 5.27. The van der Waals surface area contributed by atoms with Crippen molar-refractivity contribution in [2.75, 3.05) is 13.7 Å². The molecule has 0 saturated heterocycles. The van der Waals surface area contributed by atoms with E-state index in [0.717, 1.165) is 25.3 Å². The zero-order valence-corrected chi connectivity index (χ0v) is 11.1. The molecule has 2 aromatic carbocycles. The first kappa shape index (κ1) is 13.6. The predicted octanol–water partition coefficient (Wildman–Crippen LogP) is 2.14. The van der Waals surface area contributed by atoms with Gasteiger partial charge < -0.3 is 10.1 Å². The van der Waals surface area contributed by atoms with Crippen LogP contribution >= 0.6 is 0 Å². The first-order valence-electron chi connectivity index (χ1n) is 6.47. The van der Waals surface area contributed by atoms with Crippen LogP contribution in [-0.2, 0) is 13.0 Å². The summed E-state index contributed by atoms with van der Waals surface area (Å²) < 4.78 is 17.9. The number of nitrogens with two attached hydrogens (primary N) is 1. The fraction of sp³-hybridized carbons (Fsp3) is 0.250. The Morgan fingerprint density at radius 3 is 2.58 bits per heavy atom. The summed E-state index contributed by atoms with van der Waals surface area (Å²) in [6.45, 7) is 1.92. The lowest BCUT2D eigenvalue weighted by molar-refractivity contribution is -0.670. The Morgan fingerprint density at radius 1 is 1.05 bits per heavy atom. The summed E-state index contributed by atoms with van der Waals surface area (Å²) in [5.41, 5.74) is 2.42. The van der Waals surface area contributed by atoms with Crippen LogP contribution in [0.1, 0.15) is 11.1 Å². The van der Waals surface area contributed by atoms with Gasteiger partial charge in [0.25, 0.3) is 0 Å². The van der Waals surface area contributed by atoms with Crippen molar-refractivity contribution < 1.29 is 14.4 Å². The molecule has 2 N–H and O–H groups in total. The van der Waals surface area contributed by atoms with Crippen LogP contribution in [0.4, 0.5) is 4.39 Å².